The minimum Gasteiger partial charge on any atom is -0.339 e. The Morgan fingerprint density at radius 2 is 2.44 bits per heavy atom. The lowest BCUT2D eigenvalue weighted by atomic mass is 10.2. The lowest BCUT2D eigenvalue weighted by Crippen LogP contribution is -1.89. The first kappa shape index (κ1) is 10.4. The van der Waals surface area contributed by atoms with Crippen LogP contribution in [0.3, 0.4) is 0 Å². The smallest absolute Gasteiger partial charge is 0.227 e. The largest absolute Gasteiger partial charge is 0.339 e. The van der Waals surface area contributed by atoms with E-state index in [0.717, 1.165) is 6.42 Å². The van der Waals surface area contributed by atoms with E-state index in [4.69, 9.17) is 9.78 Å². The molecule has 0 aliphatic heterocycles. The van der Waals surface area contributed by atoms with Crippen LogP contribution in [0.5, 0.6) is 0 Å². The Bertz CT molecular complexity index is 507. The van der Waals surface area contributed by atoms with Gasteiger partial charge in [-0.05, 0) is 12.5 Å². The maximum Gasteiger partial charge on any atom is 0.227 e. The van der Waals surface area contributed by atoms with Crippen molar-refractivity contribution in [3.05, 3.63) is 18.2 Å². The van der Waals surface area contributed by atoms with Crippen LogP contribution in [0.4, 0.5) is 0 Å². The van der Waals surface area contributed by atoms with Crippen LogP contribution in [-0.4, -0.2) is 19.9 Å². The third-order valence-electron chi connectivity index (χ3n) is 2.09. The van der Waals surface area contributed by atoms with Crippen LogP contribution in [0, 0.1) is 11.3 Å². The highest BCUT2D eigenvalue weighted by atomic mass is 16.5. The summed E-state index contributed by atoms with van der Waals surface area (Å²) in [5.74, 6) is 1.04. The van der Waals surface area contributed by atoms with Gasteiger partial charge in [0, 0.05) is 26.1 Å². The molecular weight excluding hydrogens is 206 g/mol. The number of unbranched alkanes of at least 4 members (excludes halogenated alkanes) is 1. The summed E-state index contributed by atoms with van der Waals surface area (Å²) in [5, 5.41) is 16.4. The van der Waals surface area contributed by atoms with Crippen LogP contribution in [0.25, 0.3) is 11.5 Å². The van der Waals surface area contributed by atoms with Gasteiger partial charge in [0.05, 0.1) is 6.07 Å². The van der Waals surface area contributed by atoms with Crippen molar-refractivity contribution in [2.45, 2.75) is 19.3 Å². The van der Waals surface area contributed by atoms with Crippen LogP contribution in [0.2, 0.25) is 0 Å². The molecule has 0 atom stereocenters. The van der Waals surface area contributed by atoms with Gasteiger partial charge in [-0.25, -0.2) is 0 Å². The lowest BCUT2D eigenvalue weighted by molar-refractivity contribution is 0.376. The number of aromatic nitrogens is 4. The van der Waals surface area contributed by atoms with E-state index in [1.807, 2.05) is 19.3 Å². The summed E-state index contributed by atoms with van der Waals surface area (Å²) in [6.07, 6.45) is 3.69. The highest BCUT2D eigenvalue weighted by Gasteiger charge is 2.10. The van der Waals surface area contributed by atoms with Crippen molar-refractivity contribution in [2.75, 3.05) is 0 Å². The molecule has 0 fully saturated rings. The molecule has 0 N–H and O–H groups in total. The second kappa shape index (κ2) is 4.57. The first-order valence-corrected chi connectivity index (χ1v) is 4.99. The highest BCUT2D eigenvalue weighted by Crippen LogP contribution is 2.13. The molecule has 0 spiro atoms. The molecule has 0 aliphatic carbocycles. The molecule has 16 heavy (non-hydrogen) atoms. The number of nitrogens with zero attached hydrogens (tertiary/aromatic N) is 5. The van der Waals surface area contributed by atoms with Crippen molar-refractivity contribution in [1.82, 2.24) is 19.9 Å². The molecular formula is C10H11N5O. The zero-order chi connectivity index (χ0) is 11.4. The molecule has 0 aliphatic rings. The Morgan fingerprint density at radius 3 is 3.12 bits per heavy atom. The van der Waals surface area contributed by atoms with Gasteiger partial charge in [0.25, 0.3) is 0 Å². The van der Waals surface area contributed by atoms with Crippen LogP contribution < -0.4 is 0 Å². The predicted octanol–water partition coefficient (Wildman–Crippen LogP) is 1.32. The van der Waals surface area contributed by atoms with E-state index in [2.05, 4.69) is 21.3 Å². The molecule has 6 nitrogen and oxygen atoms in total. The number of nitriles is 1. The first-order chi connectivity index (χ1) is 7.79. The van der Waals surface area contributed by atoms with Crippen molar-refractivity contribution in [3.63, 3.8) is 0 Å². The van der Waals surface area contributed by atoms with Gasteiger partial charge in [-0.15, -0.1) is 0 Å². The van der Waals surface area contributed by atoms with Crippen molar-refractivity contribution in [3.8, 4) is 17.6 Å². The van der Waals surface area contributed by atoms with Crippen molar-refractivity contribution in [1.29, 1.82) is 5.26 Å². The lowest BCUT2D eigenvalue weighted by Gasteiger charge is -1.87. The minimum absolute atomic E-state index is 0.493. The maximum atomic E-state index is 8.40. The van der Waals surface area contributed by atoms with E-state index in [9.17, 15) is 0 Å². The van der Waals surface area contributed by atoms with Gasteiger partial charge < -0.3 is 4.52 Å². The maximum absolute atomic E-state index is 8.40. The van der Waals surface area contributed by atoms with Gasteiger partial charge in [0.2, 0.25) is 11.7 Å². The Balaban J connectivity index is 2.05. The second-order valence-electron chi connectivity index (χ2n) is 3.40. The van der Waals surface area contributed by atoms with Gasteiger partial charge in [-0.2, -0.15) is 15.3 Å². The summed E-state index contributed by atoms with van der Waals surface area (Å²) in [6.45, 7) is 0. The van der Waals surface area contributed by atoms with Crippen LogP contribution >= 0.6 is 0 Å². The normalized spacial score (nSPS) is 10.2. The molecule has 0 bridgehead atoms. The van der Waals surface area contributed by atoms with E-state index in [1.54, 1.807) is 4.68 Å². The molecule has 0 aromatic carbocycles. The quantitative estimate of drug-likeness (QED) is 0.721. The molecule has 0 unspecified atom stereocenters. The molecule has 82 valence electrons. The van der Waals surface area contributed by atoms with Gasteiger partial charge in [-0.3, -0.25) is 4.68 Å². The van der Waals surface area contributed by atoms with Crippen LogP contribution in [0.15, 0.2) is 16.8 Å². The van der Waals surface area contributed by atoms with E-state index >= 15 is 0 Å². The zero-order valence-electron chi connectivity index (χ0n) is 8.92. The molecule has 0 saturated carbocycles. The summed E-state index contributed by atoms with van der Waals surface area (Å²) in [4.78, 5) is 4.20. The fraction of sp³-hybridized carbons (Fsp3) is 0.400. The van der Waals surface area contributed by atoms with E-state index in [0.29, 0.717) is 30.3 Å². The summed E-state index contributed by atoms with van der Waals surface area (Å²) < 4.78 is 6.74. The first-order valence-electron chi connectivity index (χ1n) is 4.99. The number of hydrogen-bond acceptors (Lipinski definition) is 5. The van der Waals surface area contributed by atoms with Crippen molar-refractivity contribution >= 4 is 0 Å². The van der Waals surface area contributed by atoms with Crippen molar-refractivity contribution in [2.24, 2.45) is 7.05 Å². The molecule has 0 radical (unpaired) electrons. The molecule has 2 heterocycles. The average molecular weight is 217 g/mol. The number of rotatable bonds is 4. The summed E-state index contributed by atoms with van der Waals surface area (Å²) in [5.41, 5.74) is 0.692. The fourth-order valence-electron chi connectivity index (χ4n) is 1.31. The third kappa shape index (κ3) is 2.25. The standard InChI is InChI=1S/C10H11N5O/c1-15-7-5-8(13-15)10-12-9(16-14-10)4-2-3-6-11/h5,7H,2-4H2,1H3. The SMILES string of the molecule is Cn1ccc(-c2noc(CCCC#N)n2)n1. The molecule has 6 heteroatoms. The summed E-state index contributed by atoms with van der Waals surface area (Å²) >= 11 is 0. The van der Waals surface area contributed by atoms with Gasteiger partial charge in [-0.1, -0.05) is 5.16 Å². The van der Waals surface area contributed by atoms with Crippen LogP contribution in [-0.2, 0) is 13.5 Å². The summed E-state index contributed by atoms with van der Waals surface area (Å²) in [7, 11) is 1.83. The molecule has 2 rings (SSSR count). The van der Waals surface area contributed by atoms with E-state index < -0.39 is 0 Å². The Kier molecular flexibility index (Phi) is 2.96. The monoisotopic (exact) mass is 217 g/mol. The highest BCUT2D eigenvalue weighted by molar-refractivity contribution is 5.46. The fourth-order valence-corrected chi connectivity index (χ4v) is 1.31. The molecule has 2 aromatic rings. The number of aryl methyl sites for hydroxylation is 2. The summed E-state index contributed by atoms with van der Waals surface area (Å²) in [6, 6.07) is 3.90. The molecule has 0 saturated heterocycles. The predicted molar refractivity (Wildman–Crippen MR) is 55.1 cm³/mol. The minimum atomic E-state index is 0.493. The zero-order valence-corrected chi connectivity index (χ0v) is 8.92. The second-order valence-corrected chi connectivity index (χ2v) is 3.40. The Labute approximate surface area is 92.5 Å². The Morgan fingerprint density at radius 1 is 1.56 bits per heavy atom. The van der Waals surface area contributed by atoms with Gasteiger partial charge in [0.1, 0.15) is 5.69 Å². The molecule has 0 amide bonds. The Hall–Kier alpha value is -2.16. The molecule has 2 aromatic heterocycles. The van der Waals surface area contributed by atoms with Gasteiger partial charge >= 0.3 is 0 Å². The van der Waals surface area contributed by atoms with Gasteiger partial charge in [0.15, 0.2) is 0 Å². The topological polar surface area (TPSA) is 80.5 Å². The average Bonchev–Trinajstić information content (AvgIpc) is 2.87. The van der Waals surface area contributed by atoms with Crippen molar-refractivity contribution < 1.29 is 4.52 Å². The van der Waals surface area contributed by atoms with E-state index in [1.165, 1.54) is 0 Å². The number of hydrogen-bond donors (Lipinski definition) is 0. The van der Waals surface area contributed by atoms with Crippen LogP contribution in [0.1, 0.15) is 18.7 Å². The van der Waals surface area contributed by atoms with E-state index in [-0.39, 0.29) is 0 Å². The third-order valence-corrected chi connectivity index (χ3v) is 2.09.